The van der Waals surface area contributed by atoms with E-state index in [2.05, 4.69) is 23.8 Å². The van der Waals surface area contributed by atoms with Crippen LogP contribution in [0.15, 0.2) is 16.8 Å². The Bertz CT molecular complexity index is 318. The number of carboxylic acid groups (broad SMARTS) is 1. The van der Waals surface area contributed by atoms with Crippen molar-refractivity contribution in [2.45, 2.75) is 19.8 Å². The van der Waals surface area contributed by atoms with Gasteiger partial charge in [-0.2, -0.15) is 11.3 Å². The quantitative estimate of drug-likeness (QED) is 0.829. The van der Waals surface area contributed by atoms with Crippen molar-refractivity contribution >= 4 is 17.3 Å². The van der Waals surface area contributed by atoms with Crippen LogP contribution < -0.4 is 0 Å². The Balaban J connectivity index is 1.86. The van der Waals surface area contributed by atoms with Gasteiger partial charge in [0.1, 0.15) is 0 Å². The molecule has 76 valence electrons. The summed E-state index contributed by atoms with van der Waals surface area (Å²) in [5.41, 5.74) is 1.35. The zero-order valence-electron chi connectivity index (χ0n) is 8.14. The fourth-order valence-electron chi connectivity index (χ4n) is 2.06. The first-order valence-corrected chi connectivity index (χ1v) is 5.86. The Morgan fingerprint density at radius 2 is 2.57 bits per heavy atom. The molecule has 2 nitrogen and oxygen atoms in total. The predicted molar refractivity (Wildman–Crippen MR) is 56.4 cm³/mol. The highest BCUT2D eigenvalue weighted by molar-refractivity contribution is 7.07. The summed E-state index contributed by atoms with van der Waals surface area (Å²) in [6, 6.07) is 2.12. The monoisotopic (exact) mass is 210 g/mol. The van der Waals surface area contributed by atoms with Crippen molar-refractivity contribution in [3.05, 3.63) is 22.4 Å². The first-order valence-electron chi connectivity index (χ1n) is 4.92. The SMILES string of the molecule is CC(Cc1ccsc1)C1CC1C(=O)O. The molecule has 0 aliphatic heterocycles. The van der Waals surface area contributed by atoms with E-state index in [4.69, 9.17) is 5.11 Å². The molecule has 14 heavy (non-hydrogen) atoms. The van der Waals surface area contributed by atoms with E-state index in [1.54, 1.807) is 11.3 Å². The molecule has 1 aliphatic carbocycles. The zero-order chi connectivity index (χ0) is 10.1. The third kappa shape index (κ3) is 1.98. The molecule has 0 radical (unpaired) electrons. The average molecular weight is 210 g/mol. The van der Waals surface area contributed by atoms with Crippen LogP contribution in [0.1, 0.15) is 18.9 Å². The van der Waals surface area contributed by atoms with E-state index >= 15 is 0 Å². The third-order valence-corrected chi connectivity index (χ3v) is 3.76. The predicted octanol–water partition coefficient (Wildman–Crippen LogP) is 2.65. The van der Waals surface area contributed by atoms with Crippen molar-refractivity contribution in [3.8, 4) is 0 Å². The van der Waals surface area contributed by atoms with Gasteiger partial charge < -0.3 is 5.11 Å². The highest BCUT2D eigenvalue weighted by atomic mass is 32.1. The second-order valence-electron chi connectivity index (χ2n) is 4.16. The molecule has 3 unspecified atom stereocenters. The minimum atomic E-state index is -0.618. The summed E-state index contributed by atoms with van der Waals surface area (Å²) in [4.78, 5) is 10.7. The van der Waals surface area contributed by atoms with Crippen LogP contribution in [0.25, 0.3) is 0 Å². The molecule has 1 heterocycles. The number of rotatable bonds is 4. The van der Waals surface area contributed by atoms with E-state index in [1.165, 1.54) is 5.56 Å². The van der Waals surface area contributed by atoms with Gasteiger partial charge in [0, 0.05) is 0 Å². The van der Waals surface area contributed by atoms with Gasteiger partial charge in [-0.25, -0.2) is 0 Å². The molecule has 2 rings (SSSR count). The number of hydrogen-bond donors (Lipinski definition) is 1. The molecule has 0 bridgehead atoms. The van der Waals surface area contributed by atoms with Gasteiger partial charge in [-0.3, -0.25) is 4.79 Å². The van der Waals surface area contributed by atoms with Crippen LogP contribution in [0.5, 0.6) is 0 Å². The Morgan fingerprint density at radius 1 is 1.79 bits per heavy atom. The lowest BCUT2D eigenvalue weighted by Gasteiger charge is -2.08. The van der Waals surface area contributed by atoms with Crippen LogP contribution in [0.2, 0.25) is 0 Å². The van der Waals surface area contributed by atoms with Crippen LogP contribution in [0.3, 0.4) is 0 Å². The van der Waals surface area contributed by atoms with Crippen LogP contribution in [-0.4, -0.2) is 11.1 Å². The van der Waals surface area contributed by atoms with Crippen molar-refractivity contribution < 1.29 is 9.90 Å². The van der Waals surface area contributed by atoms with Gasteiger partial charge >= 0.3 is 5.97 Å². The summed E-state index contributed by atoms with van der Waals surface area (Å²) in [5, 5.41) is 13.0. The minimum absolute atomic E-state index is 0.0661. The van der Waals surface area contributed by atoms with Gasteiger partial charge in [-0.1, -0.05) is 6.92 Å². The first-order chi connectivity index (χ1) is 6.68. The Morgan fingerprint density at radius 3 is 3.07 bits per heavy atom. The maximum atomic E-state index is 10.7. The number of thiophene rings is 1. The summed E-state index contributed by atoms with van der Waals surface area (Å²) < 4.78 is 0. The molecule has 3 atom stereocenters. The van der Waals surface area contributed by atoms with E-state index in [0.29, 0.717) is 11.8 Å². The Kier molecular flexibility index (Phi) is 2.59. The van der Waals surface area contributed by atoms with Gasteiger partial charge in [0.15, 0.2) is 0 Å². The van der Waals surface area contributed by atoms with Crippen molar-refractivity contribution in [1.29, 1.82) is 0 Å². The standard InChI is InChI=1S/C11H14O2S/c1-7(4-8-2-3-14-6-8)9-5-10(9)11(12)13/h2-3,6-7,9-10H,4-5H2,1H3,(H,12,13). The summed E-state index contributed by atoms with van der Waals surface area (Å²) >= 11 is 1.70. The molecule has 1 aliphatic rings. The second-order valence-corrected chi connectivity index (χ2v) is 4.94. The molecule has 1 aromatic heterocycles. The molecule has 0 amide bonds. The lowest BCUT2D eigenvalue weighted by Crippen LogP contribution is -2.07. The van der Waals surface area contributed by atoms with Crippen molar-refractivity contribution in [3.63, 3.8) is 0 Å². The number of aliphatic carboxylic acids is 1. The van der Waals surface area contributed by atoms with E-state index < -0.39 is 5.97 Å². The van der Waals surface area contributed by atoms with E-state index in [0.717, 1.165) is 12.8 Å². The van der Waals surface area contributed by atoms with Gasteiger partial charge in [0.2, 0.25) is 0 Å². The number of carboxylic acids is 1. The molecule has 0 spiro atoms. The summed E-state index contributed by atoms with van der Waals surface area (Å²) in [6.07, 6.45) is 1.90. The fourth-order valence-corrected chi connectivity index (χ4v) is 2.74. The lowest BCUT2D eigenvalue weighted by atomic mass is 9.97. The number of carbonyl (C=O) groups is 1. The van der Waals surface area contributed by atoms with Crippen LogP contribution in [0, 0.1) is 17.8 Å². The van der Waals surface area contributed by atoms with Gasteiger partial charge in [0.05, 0.1) is 5.92 Å². The molecule has 1 aromatic rings. The summed E-state index contributed by atoms with van der Waals surface area (Å²) in [5.74, 6) is 0.230. The van der Waals surface area contributed by atoms with Gasteiger partial charge in [-0.15, -0.1) is 0 Å². The molecular weight excluding hydrogens is 196 g/mol. The molecule has 0 aromatic carbocycles. The van der Waals surface area contributed by atoms with Crippen LogP contribution in [0.4, 0.5) is 0 Å². The smallest absolute Gasteiger partial charge is 0.306 e. The minimum Gasteiger partial charge on any atom is -0.481 e. The molecule has 1 N–H and O–H groups in total. The Hall–Kier alpha value is -0.830. The molecule has 3 heteroatoms. The average Bonchev–Trinajstić information content (AvgIpc) is 2.80. The van der Waals surface area contributed by atoms with Crippen LogP contribution in [-0.2, 0) is 11.2 Å². The third-order valence-electron chi connectivity index (χ3n) is 3.03. The maximum absolute atomic E-state index is 10.7. The molecule has 0 saturated heterocycles. The normalized spacial score (nSPS) is 27.2. The maximum Gasteiger partial charge on any atom is 0.306 e. The molecule has 1 fully saturated rings. The van der Waals surface area contributed by atoms with E-state index in [9.17, 15) is 4.79 Å². The highest BCUT2D eigenvalue weighted by Gasteiger charge is 2.45. The Labute approximate surface area is 87.6 Å². The molecular formula is C11H14O2S. The largest absolute Gasteiger partial charge is 0.481 e. The van der Waals surface area contributed by atoms with Crippen molar-refractivity contribution in [2.75, 3.05) is 0 Å². The molecule has 1 saturated carbocycles. The van der Waals surface area contributed by atoms with E-state index in [1.807, 2.05) is 0 Å². The lowest BCUT2D eigenvalue weighted by molar-refractivity contribution is -0.139. The van der Waals surface area contributed by atoms with Gasteiger partial charge in [0.25, 0.3) is 0 Å². The van der Waals surface area contributed by atoms with Crippen LogP contribution >= 0.6 is 11.3 Å². The van der Waals surface area contributed by atoms with Crippen molar-refractivity contribution in [1.82, 2.24) is 0 Å². The highest BCUT2D eigenvalue weighted by Crippen LogP contribution is 2.45. The zero-order valence-corrected chi connectivity index (χ0v) is 8.96. The first kappa shape index (κ1) is 9.71. The summed E-state index contributed by atoms with van der Waals surface area (Å²) in [7, 11) is 0. The van der Waals surface area contributed by atoms with Crippen molar-refractivity contribution in [2.24, 2.45) is 17.8 Å². The fraction of sp³-hybridized carbons (Fsp3) is 0.545. The second kappa shape index (κ2) is 3.73. The number of hydrogen-bond acceptors (Lipinski definition) is 2. The topological polar surface area (TPSA) is 37.3 Å². The van der Waals surface area contributed by atoms with E-state index in [-0.39, 0.29) is 5.92 Å². The summed E-state index contributed by atoms with van der Waals surface area (Å²) in [6.45, 7) is 2.16. The van der Waals surface area contributed by atoms with Gasteiger partial charge in [-0.05, 0) is 47.1 Å².